The molecule has 11 heteroatoms. The van der Waals surface area contributed by atoms with E-state index in [4.69, 9.17) is 5.41 Å². The van der Waals surface area contributed by atoms with Gasteiger partial charge in [0.05, 0.1) is 11.3 Å². The summed E-state index contributed by atoms with van der Waals surface area (Å²) in [6, 6.07) is 3.81. The molecule has 3 N–H and O–H groups in total. The van der Waals surface area contributed by atoms with Crippen LogP contribution in [0.25, 0.3) is 0 Å². The van der Waals surface area contributed by atoms with Crippen LogP contribution >= 0.6 is 0 Å². The van der Waals surface area contributed by atoms with Gasteiger partial charge in [-0.1, -0.05) is 0 Å². The molecular weight excluding hydrogens is 387 g/mol. The summed E-state index contributed by atoms with van der Waals surface area (Å²) in [5.41, 5.74) is -0.327. The standard InChI is InChI=1S/C17H19FN6O3S/c1-10-7-20-14(21-8-10)15(25)22-11-4-5-13(18)12(6-11)17(2)9-28(26,27)24(3)16(19)23-17/h4-8H,9H2,1-3H3,(H2,19,23)(H,22,25)/t17-/m0/s1. The maximum absolute atomic E-state index is 14.5. The molecular formula is C17H19FN6O3S. The Kier molecular flexibility index (Phi) is 4.79. The number of nitrogens with one attached hydrogen (secondary N) is 3. The molecule has 148 valence electrons. The highest BCUT2D eigenvalue weighted by atomic mass is 32.2. The number of halogens is 1. The van der Waals surface area contributed by atoms with Crippen LogP contribution in [0.5, 0.6) is 0 Å². The molecule has 3 rings (SSSR count). The molecule has 2 heterocycles. The van der Waals surface area contributed by atoms with Gasteiger partial charge in [-0.25, -0.2) is 27.1 Å². The van der Waals surface area contributed by atoms with Crippen molar-refractivity contribution in [2.24, 2.45) is 0 Å². The van der Waals surface area contributed by atoms with Crippen molar-refractivity contribution >= 4 is 27.6 Å². The van der Waals surface area contributed by atoms with Crippen LogP contribution in [-0.4, -0.2) is 47.4 Å². The number of hydrogen-bond donors (Lipinski definition) is 3. The van der Waals surface area contributed by atoms with E-state index < -0.39 is 33.0 Å². The molecule has 1 fully saturated rings. The quantitative estimate of drug-likeness (QED) is 0.702. The second kappa shape index (κ2) is 6.82. The number of carbonyl (C=O) groups excluding carboxylic acids is 1. The van der Waals surface area contributed by atoms with Gasteiger partial charge in [0.1, 0.15) is 5.82 Å². The number of rotatable bonds is 3. The smallest absolute Gasteiger partial charge is 0.293 e. The minimum Gasteiger partial charge on any atom is -0.345 e. The van der Waals surface area contributed by atoms with E-state index in [9.17, 15) is 17.6 Å². The summed E-state index contributed by atoms with van der Waals surface area (Å²) in [4.78, 5) is 20.2. The lowest BCUT2D eigenvalue weighted by Crippen LogP contribution is -2.61. The summed E-state index contributed by atoms with van der Waals surface area (Å²) < 4.78 is 39.9. The van der Waals surface area contributed by atoms with Crippen molar-refractivity contribution in [3.05, 3.63) is 53.4 Å². The second-order valence-electron chi connectivity index (χ2n) is 6.76. The molecule has 1 aromatic carbocycles. The third-order valence-corrected chi connectivity index (χ3v) is 6.36. The van der Waals surface area contributed by atoms with Crippen molar-refractivity contribution < 1.29 is 17.6 Å². The topological polar surface area (TPSA) is 128 Å². The van der Waals surface area contributed by atoms with Crippen LogP contribution in [0, 0.1) is 18.2 Å². The number of sulfonamides is 1. The third kappa shape index (κ3) is 3.65. The molecule has 0 bridgehead atoms. The molecule has 1 saturated heterocycles. The Bertz CT molecular complexity index is 1060. The molecule has 0 radical (unpaired) electrons. The maximum Gasteiger partial charge on any atom is 0.293 e. The number of hydrogen-bond acceptors (Lipinski definition) is 6. The van der Waals surface area contributed by atoms with Crippen molar-refractivity contribution in [1.82, 2.24) is 19.6 Å². The highest BCUT2D eigenvalue weighted by Crippen LogP contribution is 2.31. The SMILES string of the molecule is Cc1cnc(C(=O)Nc2ccc(F)c([C@]3(C)CS(=O)(=O)N(C)C(=N)N3)c2)nc1. The van der Waals surface area contributed by atoms with E-state index >= 15 is 0 Å². The van der Waals surface area contributed by atoms with Gasteiger partial charge in [0, 0.05) is 30.7 Å². The first kappa shape index (κ1) is 19.7. The highest BCUT2D eigenvalue weighted by Gasteiger charge is 2.43. The molecule has 1 amide bonds. The number of amides is 1. The van der Waals surface area contributed by atoms with E-state index in [2.05, 4.69) is 20.6 Å². The molecule has 0 saturated carbocycles. The summed E-state index contributed by atoms with van der Waals surface area (Å²) in [6.07, 6.45) is 3.00. The van der Waals surface area contributed by atoms with E-state index in [1.807, 2.05) is 0 Å². The lowest BCUT2D eigenvalue weighted by Gasteiger charge is -2.40. The zero-order valence-electron chi connectivity index (χ0n) is 15.4. The second-order valence-corrected chi connectivity index (χ2v) is 8.76. The van der Waals surface area contributed by atoms with Crippen LogP contribution < -0.4 is 10.6 Å². The highest BCUT2D eigenvalue weighted by molar-refractivity contribution is 7.89. The zero-order chi connectivity index (χ0) is 20.7. The van der Waals surface area contributed by atoms with Crippen molar-refractivity contribution in [3.8, 4) is 0 Å². The van der Waals surface area contributed by atoms with Gasteiger partial charge in [-0.05, 0) is 37.6 Å². The maximum atomic E-state index is 14.5. The molecule has 0 spiro atoms. The average molecular weight is 406 g/mol. The number of anilines is 1. The monoisotopic (exact) mass is 406 g/mol. The summed E-state index contributed by atoms with van der Waals surface area (Å²) in [7, 11) is -2.55. The van der Waals surface area contributed by atoms with Crippen molar-refractivity contribution in [2.45, 2.75) is 19.4 Å². The van der Waals surface area contributed by atoms with Gasteiger partial charge < -0.3 is 10.6 Å². The molecule has 1 aromatic heterocycles. The van der Waals surface area contributed by atoms with E-state index in [0.29, 0.717) is 0 Å². The summed E-state index contributed by atoms with van der Waals surface area (Å²) in [6.45, 7) is 3.27. The molecule has 2 aromatic rings. The number of aromatic nitrogens is 2. The fraction of sp³-hybridized carbons (Fsp3) is 0.294. The Morgan fingerprint density at radius 3 is 2.61 bits per heavy atom. The van der Waals surface area contributed by atoms with E-state index in [0.717, 1.165) is 15.9 Å². The van der Waals surface area contributed by atoms with Crippen LogP contribution in [-0.2, 0) is 15.6 Å². The number of nitrogens with zero attached hydrogens (tertiary/aromatic N) is 3. The third-order valence-electron chi connectivity index (χ3n) is 4.40. The van der Waals surface area contributed by atoms with Gasteiger partial charge in [0.25, 0.3) is 5.91 Å². The molecule has 1 aliphatic rings. The van der Waals surface area contributed by atoms with Crippen molar-refractivity contribution in [3.63, 3.8) is 0 Å². The number of guanidine groups is 1. The van der Waals surface area contributed by atoms with Gasteiger partial charge in [-0.15, -0.1) is 0 Å². The summed E-state index contributed by atoms with van der Waals surface area (Å²) in [5.74, 6) is -2.11. The summed E-state index contributed by atoms with van der Waals surface area (Å²) in [5, 5.41) is 13.1. The molecule has 9 nitrogen and oxygen atoms in total. The fourth-order valence-corrected chi connectivity index (χ4v) is 4.32. The Balaban J connectivity index is 1.92. The first-order valence-electron chi connectivity index (χ1n) is 8.25. The first-order valence-corrected chi connectivity index (χ1v) is 9.86. The Morgan fingerprint density at radius 2 is 2.00 bits per heavy atom. The van der Waals surface area contributed by atoms with Gasteiger partial charge >= 0.3 is 0 Å². The van der Waals surface area contributed by atoms with Gasteiger partial charge in [-0.2, -0.15) is 0 Å². The zero-order valence-corrected chi connectivity index (χ0v) is 16.3. The lowest BCUT2D eigenvalue weighted by atomic mass is 9.93. The van der Waals surface area contributed by atoms with E-state index in [1.165, 1.54) is 38.5 Å². The van der Waals surface area contributed by atoms with Crippen LogP contribution in [0.1, 0.15) is 28.7 Å². The fourth-order valence-electron chi connectivity index (χ4n) is 2.84. The van der Waals surface area contributed by atoms with E-state index in [-0.39, 0.29) is 23.0 Å². The number of benzene rings is 1. The van der Waals surface area contributed by atoms with Crippen molar-refractivity contribution in [2.75, 3.05) is 18.1 Å². The first-order chi connectivity index (χ1) is 13.0. The van der Waals surface area contributed by atoms with Crippen LogP contribution in [0.2, 0.25) is 0 Å². The van der Waals surface area contributed by atoms with Crippen molar-refractivity contribution in [1.29, 1.82) is 5.41 Å². The minimum atomic E-state index is -3.79. The average Bonchev–Trinajstić information content (AvgIpc) is 2.61. The molecule has 1 aliphatic heterocycles. The van der Waals surface area contributed by atoms with E-state index in [1.54, 1.807) is 6.92 Å². The molecule has 0 unspecified atom stereocenters. The van der Waals surface area contributed by atoms with Gasteiger partial charge in [-0.3, -0.25) is 10.2 Å². The molecule has 28 heavy (non-hydrogen) atoms. The van der Waals surface area contributed by atoms with Crippen LogP contribution in [0.4, 0.5) is 10.1 Å². The molecule has 1 atom stereocenters. The van der Waals surface area contributed by atoms with Crippen LogP contribution in [0.3, 0.4) is 0 Å². The minimum absolute atomic E-state index is 0.0107. The largest absolute Gasteiger partial charge is 0.345 e. The van der Waals surface area contributed by atoms with Crippen LogP contribution in [0.15, 0.2) is 30.6 Å². The molecule has 0 aliphatic carbocycles. The number of aryl methyl sites for hydroxylation is 1. The van der Waals surface area contributed by atoms with Gasteiger partial charge in [0.2, 0.25) is 21.8 Å². The normalized spacial score (nSPS) is 21.1. The Labute approximate surface area is 161 Å². The summed E-state index contributed by atoms with van der Waals surface area (Å²) >= 11 is 0. The Hall–Kier alpha value is -3.08. The predicted octanol–water partition coefficient (Wildman–Crippen LogP) is 1.19. The predicted molar refractivity (Wildman–Crippen MR) is 101 cm³/mol. The Morgan fingerprint density at radius 1 is 1.36 bits per heavy atom. The number of carbonyl (C=O) groups is 1. The van der Waals surface area contributed by atoms with Gasteiger partial charge in [0.15, 0.2) is 0 Å². The lowest BCUT2D eigenvalue weighted by molar-refractivity contribution is 0.101.